The van der Waals surface area contributed by atoms with Crippen molar-refractivity contribution < 1.29 is 0 Å². The number of thiophene rings is 1. The zero-order valence-electron chi connectivity index (χ0n) is 28.7. The molecule has 244 valence electrons. The summed E-state index contributed by atoms with van der Waals surface area (Å²) in [5.41, 5.74) is 8.28. The molecular formula is C48H31N3S. The van der Waals surface area contributed by atoms with Gasteiger partial charge in [0, 0.05) is 42.3 Å². The van der Waals surface area contributed by atoms with Gasteiger partial charge < -0.3 is 0 Å². The van der Waals surface area contributed by atoms with Crippen molar-refractivity contribution in [1.82, 2.24) is 15.0 Å². The summed E-state index contributed by atoms with van der Waals surface area (Å²) in [5.74, 6) is 2.00. The Morgan fingerprint density at radius 1 is 0.423 bits per heavy atom. The predicted molar refractivity (Wildman–Crippen MR) is 219 cm³/mol. The highest BCUT2D eigenvalue weighted by Gasteiger charge is 2.37. The van der Waals surface area contributed by atoms with Crippen molar-refractivity contribution in [3.8, 4) is 45.3 Å². The average molecular weight is 682 g/mol. The quantitative estimate of drug-likeness (QED) is 0.174. The Kier molecular flexibility index (Phi) is 6.17. The Balaban J connectivity index is 1.12. The van der Waals surface area contributed by atoms with Crippen LogP contribution in [0, 0.1) is 0 Å². The van der Waals surface area contributed by atoms with Crippen molar-refractivity contribution in [1.29, 1.82) is 0 Å². The van der Waals surface area contributed by atoms with Crippen LogP contribution in [0.15, 0.2) is 152 Å². The minimum atomic E-state index is -0.116. The van der Waals surface area contributed by atoms with Crippen molar-refractivity contribution in [2.24, 2.45) is 0 Å². The average Bonchev–Trinajstić information content (AvgIpc) is 3.69. The highest BCUT2D eigenvalue weighted by Crippen LogP contribution is 2.53. The second kappa shape index (κ2) is 10.9. The van der Waals surface area contributed by atoms with Crippen LogP contribution in [0.3, 0.4) is 0 Å². The highest BCUT2D eigenvalue weighted by molar-refractivity contribution is 7.25. The van der Waals surface area contributed by atoms with Crippen molar-refractivity contribution in [3.05, 3.63) is 163 Å². The number of nitrogens with zero attached hydrogens (tertiary/aromatic N) is 3. The lowest BCUT2D eigenvalue weighted by Crippen LogP contribution is -2.15. The molecule has 8 aromatic carbocycles. The lowest BCUT2D eigenvalue weighted by molar-refractivity contribution is 0.666. The summed E-state index contributed by atoms with van der Waals surface area (Å²) in [6.07, 6.45) is 0. The molecule has 0 unspecified atom stereocenters. The van der Waals surface area contributed by atoms with Crippen molar-refractivity contribution in [2.75, 3.05) is 0 Å². The molecule has 3 nitrogen and oxygen atoms in total. The summed E-state index contributed by atoms with van der Waals surface area (Å²) >= 11 is 1.82. The van der Waals surface area contributed by atoms with Gasteiger partial charge in [-0.3, -0.25) is 0 Å². The molecule has 0 bridgehead atoms. The molecule has 10 aromatic rings. The normalized spacial score (nSPS) is 13.3. The number of aromatic nitrogens is 3. The molecule has 2 heterocycles. The SMILES string of the molecule is CC1(C)c2ccccc2-c2ccc3ccc4ccc5cc(-c6nc(-c7ccccc7)nc(-c7ccc8sc9ccccc9c8c7)n6)ccc5c4c3c21. The molecule has 52 heavy (non-hydrogen) atoms. The van der Waals surface area contributed by atoms with Gasteiger partial charge in [-0.05, 0) is 84.9 Å². The molecule has 0 aliphatic heterocycles. The topological polar surface area (TPSA) is 38.7 Å². The number of hydrogen-bond donors (Lipinski definition) is 0. The Bertz CT molecular complexity index is 3100. The van der Waals surface area contributed by atoms with Gasteiger partial charge in [-0.1, -0.05) is 135 Å². The van der Waals surface area contributed by atoms with Gasteiger partial charge in [0.05, 0.1) is 0 Å². The fraction of sp³-hybridized carbons (Fsp3) is 0.0625. The second-order valence-corrected chi connectivity index (χ2v) is 15.5. The molecule has 4 heteroatoms. The first kappa shape index (κ1) is 29.5. The monoisotopic (exact) mass is 681 g/mol. The van der Waals surface area contributed by atoms with Crippen LogP contribution >= 0.6 is 11.3 Å². The van der Waals surface area contributed by atoms with E-state index in [1.807, 2.05) is 29.5 Å². The minimum Gasteiger partial charge on any atom is -0.208 e. The Labute approximate surface area is 304 Å². The smallest absolute Gasteiger partial charge is 0.164 e. The van der Waals surface area contributed by atoms with Crippen LogP contribution in [0.1, 0.15) is 25.0 Å². The van der Waals surface area contributed by atoms with E-state index in [2.05, 4.69) is 147 Å². The van der Waals surface area contributed by atoms with Crippen LogP contribution in [-0.4, -0.2) is 15.0 Å². The number of rotatable bonds is 3. The lowest BCUT2D eigenvalue weighted by Gasteiger charge is -2.24. The van der Waals surface area contributed by atoms with Gasteiger partial charge in [-0.2, -0.15) is 0 Å². The summed E-state index contributed by atoms with van der Waals surface area (Å²) in [5, 5.41) is 10.1. The van der Waals surface area contributed by atoms with Crippen LogP contribution < -0.4 is 0 Å². The highest BCUT2D eigenvalue weighted by atomic mass is 32.1. The first-order chi connectivity index (χ1) is 25.5. The van der Waals surface area contributed by atoms with Crippen LogP contribution in [0.4, 0.5) is 0 Å². The molecule has 0 fully saturated rings. The van der Waals surface area contributed by atoms with E-state index in [9.17, 15) is 0 Å². The second-order valence-electron chi connectivity index (χ2n) is 14.4. The van der Waals surface area contributed by atoms with Crippen molar-refractivity contribution in [2.45, 2.75) is 19.3 Å². The van der Waals surface area contributed by atoms with E-state index in [1.165, 1.54) is 69.4 Å². The van der Waals surface area contributed by atoms with Gasteiger partial charge in [0.2, 0.25) is 0 Å². The Morgan fingerprint density at radius 2 is 1.04 bits per heavy atom. The van der Waals surface area contributed by atoms with Crippen molar-refractivity contribution in [3.63, 3.8) is 0 Å². The molecule has 0 saturated carbocycles. The summed E-state index contributed by atoms with van der Waals surface area (Å²) < 4.78 is 2.54. The van der Waals surface area contributed by atoms with E-state index in [0.29, 0.717) is 17.5 Å². The fourth-order valence-electron chi connectivity index (χ4n) is 8.60. The van der Waals surface area contributed by atoms with Gasteiger partial charge in [-0.25, -0.2) is 15.0 Å². The number of benzene rings is 8. The van der Waals surface area contributed by atoms with Gasteiger partial charge in [0.1, 0.15) is 0 Å². The molecule has 0 N–H and O–H groups in total. The third kappa shape index (κ3) is 4.28. The fourth-order valence-corrected chi connectivity index (χ4v) is 9.68. The maximum atomic E-state index is 5.16. The lowest BCUT2D eigenvalue weighted by atomic mass is 9.79. The Hall–Kier alpha value is -6.23. The first-order valence-electron chi connectivity index (χ1n) is 17.8. The van der Waals surface area contributed by atoms with E-state index in [4.69, 9.17) is 15.0 Å². The largest absolute Gasteiger partial charge is 0.208 e. The van der Waals surface area contributed by atoms with Crippen LogP contribution in [0.5, 0.6) is 0 Å². The van der Waals surface area contributed by atoms with E-state index in [1.54, 1.807) is 0 Å². The maximum absolute atomic E-state index is 5.16. The summed E-state index contributed by atoms with van der Waals surface area (Å²) in [6, 6.07) is 54.7. The molecule has 2 aromatic heterocycles. The van der Waals surface area contributed by atoms with Gasteiger partial charge >= 0.3 is 0 Å². The van der Waals surface area contributed by atoms with E-state index >= 15 is 0 Å². The van der Waals surface area contributed by atoms with Gasteiger partial charge in [0.15, 0.2) is 17.5 Å². The minimum absolute atomic E-state index is 0.116. The standard InChI is InChI=1S/C48H31N3S/c1-48(2)39-14-8-6-12-35(39)37-24-20-29-17-16-28-18-19-31-26-32(21-23-34(31)42(28)43(29)44(37)48)46-49-45(30-10-4-3-5-11-30)50-47(51-46)33-22-25-41-38(27-33)36-13-7-9-15-40(36)52-41/h3-27H,1-2H3. The molecule has 0 radical (unpaired) electrons. The maximum Gasteiger partial charge on any atom is 0.164 e. The molecule has 1 aliphatic carbocycles. The predicted octanol–water partition coefficient (Wildman–Crippen LogP) is 13.0. The van der Waals surface area contributed by atoms with Crippen LogP contribution in [-0.2, 0) is 5.41 Å². The summed E-state index contributed by atoms with van der Waals surface area (Å²) in [7, 11) is 0. The molecule has 0 amide bonds. The summed E-state index contributed by atoms with van der Waals surface area (Å²) in [4.78, 5) is 15.3. The number of hydrogen-bond acceptors (Lipinski definition) is 4. The Morgan fingerprint density at radius 3 is 1.87 bits per heavy atom. The number of fused-ring (bicyclic) bond motifs is 12. The third-order valence-corrected chi connectivity index (χ3v) is 12.2. The van der Waals surface area contributed by atoms with Gasteiger partial charge in [-0.15, -0.1) is 11.3 Å². The van der Waals surface area contributed by atoms with Crippen molar-refractivity contribution >= 4 is 63.8 Å². The molecule has 11 rings (SSSR count). The zero-order valence-corrected chi connectivity index (χ0v) is 29.5. The van der Waals surface area contributed by atoms with E-state index in [0.717, 1.165) is 22.1 Å². The molecule has 0 spiro atoms. The van der Waals surface area contributed by atoms with Crippen LogP contribution in [0.25, 0.3) is 97.8 Å². The van der Waals surface area contributed by atoms with E-state index in [-0.39, 0.29) is 5.41 Å². The van der Waals surface area contributed by atoms with Gasteiger partial charge in [0.25, 0.3) is 0 Å². The molecule has 0 saturated heterocycles. The molecule has 1 aliphatic rings. The molecule has 0 atom stereocenters. The third-order valence-electron chi connectivity index (χ3n) is 11.1. The van der Waals surface area contributed by atoms with E-state index < -0.39 is 0 Å². The van der Waals surface area contributed by atoms with Crippen LogP contribution in [0.2, 0.25) is 0 Å². The zero-order chi connectivity index (χ0) is 34.6. The first-order valence-corrected chi connectivity index (χ1v) is 18.6. The summed E-state index contributed by atoms with van der Waals surface area (Å²) in [6.45, 7) is 4.75. The molecular weight excluding hydrogens is 651 g/mol.